The van der Waals surface area contributed by atoms with Gasteiger partial charge in [-0.15, -0.1) is 0 Å². The van der Waals surface area contributed by atoms with Gasteiger partial charge in [-0.2, -0.15) is 18.3 Å². The summed E-state index contributed by atoms with van der Waals surface area (Å²) in [4.78, 5) is 3.79. The lowest BCUT2D eigenvalue weighted by atomic mass is 10.2. The average Bonchev–Trinajstić information content (AvgIpc) is 2.85. The molecule has 2 aromatic heterocycles. The van der Waals surface area contributed by atoms with Crippen LogP contribution in [-0.2, 0) is 6.18 Å². The summed E-state index contributed by atoms with van der Waals surface area (Å²) in [5.41, 5.74) is 0.0290. The average molecular weight is 524 g/mol. The quantitative estimate of drug-likeness (QED) is 0.474. The van der Waals surface area contributed by atoms with Crippen LogP contribution in [0.15, 0.2) is 23.1 Å². The first-order chi connectivity index (χ1) is 10.1. The largest absolute Gasteiger partial charge is 0.417 e. The van der Waals surface area contributed by atoms with Crippen molar-refractivity contribution in [2.75, 3.05) is 0 Å². The van der Waals surface area contributed by atoms with Crippen molar-refractivity contribution in [3.05, 3.63) is 39.2 Å². The Hall–Kier alpha value is -0.120. The van der Waals surface area contributed by atoms with Gasteiger partial charge in [0.15, 0.2) is 5.82 Å². The molecule has 118 valence electrons. The predicted octanol–water partition coefficient (Wildman–Crippen LogP) is 5.68. The molecular formula is C12H6Br3ClF3N3. The lowest BCUT2D eigenvalue weighted by molar-refractivity contribution is -0.137. The molecule has 3 nitrogen and oxygen atoms in total. The first-order valence-corrected chi connectivity index (χ1v) is 8.71. The number of hydrogen-bond donors (Lipinski definition) is 0. The number of pyridine rings is 1. The minimum absolute atomic E-state index is 0.115. The second kappa shape index (κ2) is 5.46. The van der Waals surface area contributed by atoms with Crippen LogP contribution in [0.1, 0.15) is 23.5 Å². The fourth-order valence-corrected chi connectivity index (χ4v) is 3.96. The summed E-state index contributed by atoms with van der Waals surface area (Å²) >= 11 is 16.3. The van der Waals surface area contributed by atoms with Gasteiger partial charge >= 0.3 is 6.18 Å². The second-order valence-corrected chi connectivity index (χ2v) is 9.92. The first-order valence-electron chi connectivity index (χ1n) is 5.95. The zero-order valence-corrected chi connectivity index (χ0v) is 16.0. The summed E-state index contributed by atoms with van der Waals surface area (Å²) in [6, 6.07) is 0.843. The summed E-state index contributed by atoms with van der Waals surface area (Å²) < 4.78 is 39.7. The number of halogens is 7. The lowest BCUT2D eigenvalue weighted by Crippen LogP contribution is -2.08. The van der Waals surface area contributed by atoms with Crippen LogP contribution in [0.5, 0.6) is 0 Å². The van der Waals surface area contributed by atoms with E-state index in [9.17, 15) is 13.2 Å². The standard InChI is InChI=1S/C12H6Br3ClF3N3/c13-9-6(7-2-11(7,14)15)4-22(21-9)10-8(16)1-5(3-20-10)12(17,18)19/h1,3-4,7H,2H2. The number of alkyl halides is 5. The molecule has 2 aromatic rings. The molecule has 0 N–H and O–H groups in total. The van der Waals surface area contributed by atoms with E-state index in [4.69, 9.17) is 11.6 Å². The third-order valence-corrected chi connectivity index (χ3v) is 5.91. The normalized spacial score (nSPS) is 20.2. The van der Waals surface area contributed by atoms with Crippen molar-refractivity contribution in [1.82, 2.24) is 14.8 Å². The van der Waals surface area contributed by atoms with Crippen LogP contribution in [0.3, 0.4) is 0 Å². The molecule has 3 rings (SSSR count). The van der Waals surface area contributed by atoms with Crippen molar-refractivity contribution in [1.29, 1.82) is 0 Å². The van der Waals surface area contributed by atoms with Gasteiger partial charge in [0.1, 0.15) is 4.60 Å². The topological polar surface area (TPSA) is 30.7 Å². The van der Waals surface area contributed by atoms with Crippen molar-refractivity contribution in [2.24, 2.45) is 0 Å². The Balaban J connectivity index is 1.97. The molecule has 1 unspecified atom stereocenters. The third kappa shape index (κ3) is 3.09. The van der Waals surface area contributed by atoms with E-state index in [2.05, 4.69) is 57.9 Å². The van der Waals surface area contributed by atoms with Crippen LogP contribution in [0.2, 0.25) is 5.02 Å². The van der Waals surface area contributed by atoms with E-state index < -0.39 is 11.7 Å². The smallest absolute Gasteiger partial charge is 0.235 e. The highest BCUT2D eigenvalue weighted by Crippen LogP contribution is 2.63. The first kappa shape index (κ1) is 16.7. The van der Waals surface area contributed by atoms with Gasteiger partial charge in [-0.25, -0.2) is 9.67 Å². The third-order valence-electron chi connectivity index (χ3n) is 3.26. The van der Waals surface area contributed by atoms with Crippen molar-refractivity contribution in [3.8, 4) is 5.82 Å². The molecular weight excluding hydrogens is 518 g/mol. The van der Waals surface area contributed by atoms with Gasteiger partial charge in [-0.1, -0.05) is 43.5 Å². The summed E-state index contributed by atoms with van der Waals surface area (Å²) in [6.45, 7) is 0. The number of nitrogens with zero attached hydrogens (tertiary/aromatic N) is 3. The molecule has 1 aliphatic rings. The molecule has 1 saturated carbocycles. The van der Waals surface area contributed by atoms with E-state index in [-0.39, 0.29) is 20.0 Å². The van der Waals surface area contributed by atoms with E-state index in [1.807, 2.05) is 0 Å². The molecule has 0 aliphatic heterocycles. The monoisotopic (exact) mass is 521 g/mol. The molecule has 1 fully saturated rings. The Morgan fingerprint density at radius 1 is 1.36 bits per heavy atom. The van der Waals surface area contributed by atoms with Gasteiger partial charge in [0.05, 0.1) is 13.8 Å². The van der Waals surface area contributed by atoms with Crippen molar-refractivity contribution in [3.63, 3.8) is 0 Å². The Kier molecular flexibility index (Phi) is 4.15. The summed E-state index contributed by atoms with van der Waals surface area (Å²) in [6.07, 6.45) is -1.15. The Bertz CT molecular complexity index is 745. The maximum absolute atomic E-state index is 12.6. The molecule has 2 heterocycles. The highest BCUT2D eigenvalue weighted by Gasteiger charge is 2.52. The predicted molar refractivity (Wildman–Crippen MR) is 87.0 cm³/mol. The van der Waals surface area contributed by atoms with Gasteiger partial charge in [0, 0.05) is 23.9 Å². The van der Waals surface area contributed by atoms with Crippen LogP contribution in [0.4, 0.5) is 13.2 Å². The van der Waals surface area contributed by atoms with E-state index in [0.29, 0.717) is 4.60 Å². The fraction of sp³-hybridized carbons (Fsp3) is 0.333. The SMILES string of the molecule is FC(F)(F)c1cnc(-n2cc(C3CC3(Br)Br)c(Br)n2)c(Cl)c1. The number of rotatable bonds is 2. The van der Waals surface area contributed by atoms with E-state index in [0.717, 1.165) is 24.2 Å². The minimum Gasteiger partial charge on any atom is -0.235 e. The van der Waals surface area contributed by atoms with E-state index >= 15 is 0 Å². The van der Waals surface area contributed by atoms with Crippen LogP contribution >= 0.6 is 59.4 Å². The highest BCUT2D eigenvalue weighted by molar-refractivity contribution is 9.25. The van der Waals surface area contributed by atoms with Crippen molar-refractivity contribution < 1.29 is 13.2 Å². The minimum atomic E-state index is -4.48. The molecule has 0 amide bonds. The van der Waals surface area contributed by atoms with Crippen LogP contribution in [0, 0.1) is 0 Å². The summed E-state index contributed by atoms with van der Waals surface area (Å²) in [5.74, 6) is 0.362. The molecule has 0 saturated heterocycles. The van der Waals surface area contributed by atoms with Crippen molar-refractivity contribution >= 4 is 59.4 Å². The lowest BCUT2D eigenvalue weighted by Gasteiger charge is -2.08. The van der Waals surface area contributed by atoms with E-state index in [1.54, 1.807) is 6.20 Å². The van der Waals surface area contributed by atoms with Crippen LogP contribution in [-0.4, -0.2) is 18.0 Å². The molecule has 0 spiro atoms. The maximum Gasteiger partial charge on any atom is 0.417 e. The van der Waals surface area contributed by atoms with Crippen LogP contribution in [0.25, 0.3) is 5.82 Å². The Labute approximate surface area is 153 Å². The molecule has 0 bridgehead atoms. The molecule has 1 aliphatic carbocycles. The highest BCUT2D eigenvalue weighted by atomic mass is 79.9. The van der Waals surface area contributed by atoms with Gasteiger partial charge in [-0.3, -0.25) is 0 Å². The van der Waals surface area contributed by atoms with Gasteiger partial charge in [0.25, 0.3) is 0 Å². The van der Waals surface area contributed by atoms with Crippen molar-refractivity contribution in [2.45, 2.75) is 21.7 Å². The Morgan fingerprint density at radius 3 is 2.50 bits per heavy atom. The van der Waals surface area contributed by atoms with Gasteiger partial charge < -0.3 is 0 Å². The fourth-order valence-electron chi connectivity index (χ4n) is 2.01. The van der Waals surface area contributed by atoms with E-state index in [1.165, 1.54) is 4.68 Å². The molecule has 22 heavy (non-hydrogen) atoms. The zero-order chi connectivity index (χ0) is 16.3. The van der Waals surface area contributed by atoms with Gasteiger partial charge in [-0.05, 0) is 28.4 Å². The molecule has 1 atom stereocenters. The van der Waals surface area contributed by atoms with Crippen LogP contribution < -0.4 is 0 Å². The number of hydrogen-bond acceptors (Lipinski definition) is 2. The molecule has 10 heteroatoms. The maximum atomic E-state index is 12.6. The summed E-state index contributed by atoms with van der Waals surface area (Å²) in [5, 5.41) is 4.11. The zero-order valence-electron chi connectivity index (χ0n) is 10.5. The Morgan fingerprint density at radius 2 is 2.00 bits per heavy atom. The molecule has 0 aromatic carbocycles. The number of aromatic nitrogens is 3. The van der Waals surface area contributed by atoms with Gasteiger partial charge in [0.2, 0.25) is 0 Å². The summed E-state index contributed by atoms with van der Waals surface area (Å²) in [7, 11) is 0. The second-order valence-electron chi connectivity index (χ2n) is 4.86. The molecule has 0 radical (unpaired) electrons.